The van der Waals surface area contributed by atoms with E-state index in [1.165, 1.54) is 0 Å². The number of hydrogen-bond donors (Lipinski definition) is 1. The van der Waals surface area contributed by atoms with Crippen LogP contribution in [0.5, 0.6) is 0 Å². The largest absolute Gasteiger partial charge is 0.383 e. The fourth-order valence-electron chi connectivity index (χ4n) is 0.862. The first-order chi connectivity index (χ1) is 5.72. The molecule has 1 unspecified atom stereocenters. The average molecular weight is 170 g/mol. The zero-order valence-electron chi connectivity index (χ0n) is 8.13. The molecule has 0 saturated carbocycles. The van der Waals surface area contributed by atoms with E-state index in [0.29, 0.717) is 12.5 Å². The van der Waals surface area contributed by atoms with Crippen molar-refractivity contribution in [2.75, 3.05) is 26.8 Å². The molecule has 1 atom stereocenters. The summed E-state index contributed by atoms with van der Waals surface area (Å²) in [7, 11) is 1.67. The molecule has 0 aromatic heterocycles. The minimum atomic E-state index is 0.113. The molecule has 0 aliphatic carbocycles. The molecule has 1 N–H and O–H groups in total. The molecule has 0 bridgehead atoms. The molecule has 0 radical (unpaired) electrons. The van der Waals surface area contributed by atoms with E-state index in [-0.39, 0.29) is 5.92 Å². The maximum atomic E-state index is 8.73. The zero-order chi connectivity index (χ0) is 9.40. The van der Waals surface area contributed by atoms with Crippen LogP contribution in [0.2, 0.25) is 0 Å². The summed E-state index contributed by atoms with van der Waals surface area (Å²) in [6.07, 6.45) is 0. The van der Waals surface area contributed by atoms with Crippen LogP contribution in [0.1, 0.15) is 13.8 Å². The molecule has 0 fully saturated rings. The molecule has 0 saturated heterocycles. The van der Waals surface area contributed by atoms with Gasteiger partial charge in [-0.2, -0.15) is 5.26 Å². The topological polar surface area (TPSA) is 45.0 Å². The van der Waals surface area contributed by atoms with Gasteiger partial charge in [-0.3, -0.25) is 0 Å². The molecule has 0 amide bonds. The van der Waals surface area contributed by atoms with Crippen LogP contribution < -0.4 is 5.32 Å². The highest BCUT2D eigenvalue weighted by molar-refractivity contribution is 4.86. The van der Waals surface area contributed by atoms with Gasteiger partial charge in [0.2, 0.25) is 0 Å². The quantitative estimate of drug-likeness (QED) is 0.605. The zero-order valence-corrected chi connectivity index (χ0v) is 8.13. The van der Waals surface area contributed by atoms with E-state index in [4.69, 9.17) is 10.00 Å². The standard InChI is InChI=1S/C9H18N2O/c1-8(2)9(6-10)7-11-4-5-12-3/h8-9,11H,4-5,7H2,1-3H3. The summed E-state index contributed by atoms with van der Waals surface area (Å²) < 4.78 is 4.87. The normalized spacial score (nSPS) is 12.9. The Morgan fingerprint density at radius 2 is 2.17 bits per heavy atom. The first kappa shape index (κ1) is 11.4. The Bertz CT molecular complexity index is 140. The summed E-state index contributed by atoms with van der Waals surface area (Å²) in [5, 5.41) is 11.9. The third kappa shape index (κ3) is 5.11. The number of methoxy groups -OCH3 is 1. The summed E-state index contributed by atoms with van der Waals surface area (Å²) in [4.78, 5) is 0. The second kappa shape index (κ2) is 7.08. The van der Waals surface area contributed by atoms with Crippen molar-refractivity contribution >= 4 is 0 Å². The number of rotatable bonds is 6. The van der Waals surface area contributed by atoms with Gasteiger partial charge in [0.25, 0.3) is 0 Å². The monoisotopic (exact) mass is 170 g/mol. The highest BCUT2D eigenvalue weighted by Crippen LogP contribution is 2.07. The summed E-state index contributed by atoms with van der Waals surface area (Å²) in [6.45, 7) is 6.41. The van der Waals surface area contributed by atoms with Crippen molar-refractivity contribution in [1.82, 2.24) is 5.32 Å². The minimum Gasteiger partial charge on any atom is -0.383 e. The maximum Gasteiger partial charge on any atom is 0.0671 e. The molecular weight excluding hydrogens is 152 g/mol. The van der Waals surface area contributed by atoms with Gasteiger partial charge in [0.15, 0.2) is 0 Å². The Morgan fingerprint density at radius 3 is 2.58 bits per heavy atom. The second-order valence-corrected chi connectivity index (χ2v) is 3.18. The van der Waals surface area contributed by atoms with Crippen molar-refractivity contribution in [2.24, 2.45) is 11.8 Å². The van der Waals surface area contributed by atoms with Gasteiger partial charge >= 0.3 is 0 Å². The second-order valence-electron chi connectivity index (χ2n) is 3.18. The Hall–Kier alpha value is -0.590. The minimum absolute atomic E-state index is 0.113. The van der Waals surface area contributed by atoms with Gasteiger partial charge < -0.3 is 10.1 Å². The number of nitrogens with one attached hydrogen (secondary N) is 1. The number of ether oxygens (including phenoxy) is 1. The van der Waals surface area contributed by atoms with Crippen LogP contribution >= 0.6 is 0 Å². The third-order valence-electron chi connectivity index (χ3n) is 1.82. The van der Waals surface area contributed by atoms with Crippen molar-refractivity contribution in [2.45, 2.75) is 13.8 Å². The molecule has 0 aromatic carbocycles. The van der Waals surface area contributed by atoms with E-state index in [0.717, 1.165) is 13.1 Å². The van der Waals surface area contributed by atoms with Crippen molar-refractivity contribution in [3.63, 3.8) is 0 Å². The fraction of sp³-hybridized carbons (Fsp3) is 0.889. The lowest BCUT2D eigenvalue weighted by Crippen LogP contribution is -2.27. The molecule has 0 heterocycles. The number of nitriles is 1. The Kier molecular flexibility index (Phi) is 6.73. The number of nitrogens with zero attached hydrogens (tertiary/aromatic N) is 1. The van der Waals surface area contributed by atoms with E-state index in [1.807, 2.05) is 0 Å². The van der Waals surface area contributed by atoms with Gasteiger partial charge in [0.1, 0.15) is 0 Å². The molecule has 3 nitrogen and oxygen atoms in total. The van der Waals surface area contributed by atoms with E-state index in [9.17, 15) is 0 Å². The maximum absolute atomic E-state index is 8.73. The van der Waals surface area contributed by atoms with Crippen LogP contribution in [-0.2, 0) is 4.74 Å². The summed E-state index contributed by atoms with van der Waals surface area (Å²) >= 11 is 0. The molecule has 0 aliphatic rings. The van der Waals surface area contributed by atoms with E-state index in [1.54, 1.807) is 7.11 Å². The smallest absolute Gasteiger partial charge is 0.0671 e. The van der Waals surface area contributed by atoms with Crippen LogP contribution in [0.3, 0.4) is 0 Å². The first-order valence-corrected chi connectivity index (χ1v) is 4.31. The first-order valence-electron chi connectivity index (χ1n) is 4.31. The SMILES string of the molecule is COCCNCC(C#N)C(C)C. The molecule has 70 valence electrons. The van der Waals surface area contributed by atoms with Crippen molar-refractivity contribution < 1.29 is 4.74 Å². The molecule has 0 aromatic rings. The predicted octanol–water partition coefficient (Wildman–Crippen LogP) is 1.02. The van der Waals surface area contributed by atoms with Crippen LogP contribution in [-0.4, -0.2) is 26.8 Å². The lowest BCUT2D eigenvalue weighted by molar-refractivity contribution is 0.197. The number of hydrogen-bond acceptors (Lipinski definition) is 3. The van der Waals surface area contributed by atoms with Gasteiger partial charge in [0.05, 0.1) is 18.6 Å². The molecule has 3 heteroatoms. The van der Waals surface area contributed by atoms with Gasteiger partial charge in [-0.15, -0.1) is 0 Å². The Labute approximate surface area is 74.7 Å². The van der Waals surface area contributed by atoms with Crippen LogP contribution in [0, 0.1) is 23.2 Å². The lowest BCUT2D eigenvalue weighted by Gasteiger charge is -2.13. The highest BCUT2D eigenvalue weighted by Gasteiger charge is 2.10. The van der Waals surface area contributed by atoms with Crippen LogP contribution in [0.25, 0.3) is 0 Å². The van der Waals surface area contributed by atoms with E-state index < -0.39 is 0 Å². The van der Waals surface area contributed by atoms with E-state index >= 15 is 0 Å². The fourth-order valence-corrected chi connectivity index (χ4v) is 0.862. The Balaban J connectivity index is 3.41. The molecular formula is C9H18N2O. The van der Waals surface area contributed by atoms with Gasteiger partial charge in [-0.05, 0) is 5.92 Å². The van der Waals surface area contributed by atoms with Gasteiger partial charge in [0, 0.05) is 20.2 Å². The van der Waals surface area contributed by atoms with Crippen molar-refractivity contribution in [3.05, 3.63) is 0 Å². The Morgan fingerprint density at radius 1 is 1.50 bits per heavy atom. The molecule has 0 aliphatic heterocycles. The highest BCUT2D eigenvalue weighted by atomic mass is 16.5. The third-order valence-corrected chi connectivity index (χ3v) is 1.82. The van der Waals surface area contributed by atoms with Crippen LogP contribution in [0.15, 0.2) is 0 Å². The summed E-state index contributed by atoms with van der Waals surface area (Å²) in [5.41, 5.74) is 0. The van der Waals surface area contributed by atoms with Gasteiger partial charge in [-0.1, -0.05) is 13.8 Å². The molecule has 12 heavy (non-hydrogen) atoms. The van der Waals surface area contributed by atoms with Crippen LogP contribution in [0.4, 0.5) is 0 Å². The van der Waals surface area contributed by atoms with E-state index in [2.05, 4.69) is 25.2 Å². The van der Waals surface area contributed by atoms with Crippen molar-refractivity contribution in [3.8, 4) is 6.07 Å². The van der Waals surface area contributed by atoms with Crippen molar-refractivity contribution in [1.29, 1.82) is 5.26 Å². The molecule has 0 rings (SSSR count). The van der Waals surface area contributed by atoms with Gasteiger partial charge in [-0.25, -0.2) is 0 Å². The summed E-state index contributed by atoms with van der Waals surface area (Å²) in [6, 6.07) is 2.28. The average Bonchev–Trinajstić information content (AvgIpc) is 2.04. The predicted molar refractivity (Wildman–Crippen MR) is 48.7 cm³/mol. The molecule has 0 spiro atoms. The lowest BCUT2D eigenvalue weighted by atomic mass is 9.98. The summed E-state index contributed by atoms with van der Waals surface area (Å²) in [5.74, 6) is 0.534.